The molecule has 0 aliphatic carbocycles. The Balaban J connectivity index is 0.00000306. The quantitative estimate of drug-likeness (QED) is 0.249. The minimum atomic E-state index is -0.254. The molecule has 0 radical (unpaired) electrons. The summed E-state index contributed by atoms with van der Waals surface area (Å²) in [4.78, 5) is 18.1. The molecule has 2 atom stereocenters. The molecular weight excluding hydrogens is 538 g/mol. The number of nitrogens with zero attached hydrogens (tertiary/aromatic N) is 2. The summed E-state index contributed by atoms with van der Waals surface area (Å²) in [5, 5.41) is 6.24. The molecular formula is C24H30FIN4O3. The van der Waals surface area contributed by atoms with Crippen molar-refractivity contribution >= 4 is 41.5 Å². The van der Waals surface area contributed by atoms with E-state index in [0.717, 1.165) is 41.5 Å². The zero-order valence-corrected chi connectivity index (χ0v) is 21.2. The van der Waals surface area contributed by atoms with Crippen LogP contribution in [-0.2, 0) is 16.0 Å². The van der Waals surface area contributed by atoms with Gasteiger partial charge in [-0.3, -0.25) is 9.79 Å². The highest BCUT2D eigenvalue weighted by atomic mass is 127. The Labute approximate surface area is 210 Å². The maximum Gasteiger partial charge on any atom is 0.224 e. The molecule has 2 heterocycles. The van der Waals surface area contributed by atoms with E-state index < -0.39 is 0 Å². The molecule has 0 aromatic heterocycles. The van der Waals surface area contributed by atoms with Crippen molar-refractivity contribution in [3.63, 3.8) is 0 Å². The third-order valence-corrected chi connectivity index (χ3v) is 5.64. The number of morpholine rings is 1. The summed E-state index contributed by atoms with van der Waals surface area (Å²) in [6, 6.07) is 12.2. The molecule has 2 aliphatic rings. The average molecular weight is 568 g/mol. The molecule has 1 fully saturated rings. The van der Waals surface area contributed by atoms with E-state index in [9.17, 15) is 9.18 Å². The fraction of sp³-hybridized carbons (Fsp3) is 0.417. The van der Waals surface area contributed by atoms with Gasteiger partial charge in [0.15, 0.2) is 5.96 Å². The molecule has 1 amide bonds. The number of guanidine groups is 1. The number of carbonyl (C=O) groups is 1. The lowest BCUT2D eigenvalue weighted by Gasteiger charge is -2.38. The number of hydrogen-bond donors (Lipinski definition) is 2. The summed E-state index contributed by atoms with van der Waals surface area (Å²) in [6.07, 6.45) is 1.11. The molecule has 178 valence electrons. The van der Waals surface area contributed by atoms with E-state index in [4.69, 9.17) is 9.47 Å². The van der Waals surface area contributed by atoms with Gasteiger partial charge in [0.05, 0.1) is 19.2 Å². The average Bonchev–Trinajstić information content (AvgIpc) is 2.79. The van der Waals surface area contributed by atoms with E-state index in [1.807, 2.05) is 25.1 Å². The van der Waals surface area contributed by atoms with Crippen LogP contribution >= 0.6 is 24.0 Å². The Morgan fingerprint density at radius 3 is 2.79 bits per heavy atom. The summed E-state index contributed by atoms with van der Waals surface area (Å²) < 4.78 is 25.2. The zero-order valence-electron chi connectivity index (χ0n) is 18.8. The van der Waals surface area contributed by atoms with Crippen molar-refractivity contribution < 1.29 is 18.7 Å². The predicted molar refractivity (Wildman–Crippen MR) is 137 cm³/mol. The Kier molecular flexibility index (Phi) is 8.90. The topological polar surface area (TPSA) is 75.2 Å². The van der Waals surface area contributed by atoms with Gasteiger partial charge >= 0.3 is 0 Å². The van der Waals surface area contributed by atoms with E-state index in [0.29, 0.717) is 26.1 Å². The molecule has 0 bridgehead atoms. The second-order valence-corrected chi connectivity index (χ2v) is 8.08. The van der Waals surface area contributed by atoms with Crippen LogP contribution in [0, 0.1) is 5.82 Å². The van der Waals surface area contributed by atoms with Crippen LogP contribution in [0.3, 0.4) is 0 Å². The Morgan fingerprint density at radius 2 is 2.03 bits per heavy atom. The van der Waals surface area contributed by atoms with Gasteiger partial charge in [0.2, 0.25) is 5.91 Å². The maximum atomic E-state index is 13.3. The van der Waals surface area contributed by atoms with Gasteiger partial charge in [-0.05, 0) is 54.8 Å². The minimum absolute atomic E-state index is 0. The highest BCUT2D eigenvalue weighted by Gasteiger charge is 2.28. The van der Waals surface area contributed by atoms with Crippen molar-refractivity contribution in [1.82, 2.24) is 10.2 Å². The van der Waals surface area contributed by atoms with Crippen molar-refractivity contribution in [2.75, 3.05) is 38.6 Å². The Hall–Kier alpha value is -2.40. The molecule has 2 aromatic carbocycles. The number of aliphatic imine (C=N–C) groups is 1. The number of benzene rings is 2. The lowest BCUT2D eigenvalue weighted by Crippen LogP contribution is -2.51. The standard InChI is InChI=1S/C24H29FN4O3.HI/c1-16-14-29(15-22(32-16)17-3-6-19(25)7-4-17)24(26-2)27-11-12-31-20-8-9-21-18(13-20)5-10-23(30)28-21;/h3-4,6-9,13,16,22H,5,10-12,14-15H2,1-2H3,(H,26,27)(H,28,30);1H. The third-order valence-electron chi connectivity index (χ3n) is 5.64. The summed E-state index contributed by atoms with van der Waals surface area (Å²) in [7, 11) is 1.76. The highest BCUT2D eigenvalue weighted by molar-refractivity contribution is 14.0. The first-order valence-corrected chi connectivity index (χ1v) is 10.9. The lowest BCUT2D eigenvalue weighted by molar-refractivity contribution is -0.116. The zero-order chi connectivity index (χ0) is 22.5. The molecule has 33 heavy (non-hydrogen) atoms. The van der Waals surface area contributed by atoms with Crippen LogP contribution in [0.4, 0.5) is 10.1 Å². The van der Waals surface area contributed by atoms with Crippen molar-refractivity contribution in [3.8, 4) is 5.75 Å². The van der Waals surface area contributed by atoms with E-state index in [1.165, 1.54) is 12.1 Å². The van der Waals surface area contributed by atoms with Crippen LogP contribution in [0.25, 0.3) is 0 Å². The number of rotatable bonds is 5. The van der Waals surface area contributed by atoms with Gasteiger partial charge in [0.1, 0.15) is 24.3 Å². The van der Waals surface area contributed by atoms with Gasteiger partial charge < -0.3 is 25.0 Å². The number of hydrogen-bond acceptors (Lipinski definition) is 4. The van der Waals surface area contributed by atoms with E-state index in [1.54, 1.807) is 19.2 Å². The first-order chi connectivity index (χ1) is 15.5. The summed E-state index contributed by atoms with van der Waals surface area (Å²) >= 11 is 0. The number of amides is 1. The van der Waals surface area contributed by atoms with Crippen LogP contribution in [-0.4, -0.2) is 56.2 Å². The molecule has 4 rings (SSSR count). The molecule has 0 spiro atoms. The molecule has 2 N–H and O–H groups in total. The Morgan fingerprint density at radius 1 is 1.24 bits per heavy atom. The third kappa shape index (κ3) is 6.57. The van der Waals surface area contributed by atoms with Crippen LogP contribution in [0.15, 0.2) is 47.5 Å². The summed E-state index contributed by atoms with van der Waals surface area (Å²) in [5.41, 5.74) is 2.91. The summed E-state index contributed by atoms with van der Waals surface area (Å²) in [6.45, 7) is 4.44. The van der Waals surface area contributed by atoms with Gasteiger partial charge in [-0.1, -0.05) is 12.1 Å². The monoisotopic (exact) mass is 568 g/mol. The number of nitrogens with one attached hydrogen (secondary N) is 2. The summed E-state index contributed by atoms with van der Waals surface area (Å²) in [5.74, 6) is 1.37. The minimum Gasteiger partial charge on any atom is -0.492 e. The molecule has 9 heteroatoms. The van der Waals surface area contributed by atoms with Crippen molar-refractivity contribution in [2.24, 2.45) is 4.99 Å². The van der Waals surface area contributed by atoms with Gasteiger partial charge in [0, 0.05) is 25.7 Å². The van der Waals surface area contributed by atoms with Crippen molar-refractivity contribution in [1.29, 1.82) is 0 Å². The van der Waals surface area contributed by atoms with Crippen molar-refractivity contribution in [3.05, 3.63) is 59.4 Å². The first kappa shape index (κ1) is 25.2. The van der Waals surface area contributed by atoms with E-state index in [-0.39, 0.29) is 47.9 Å². The lowest BCUT2D eigenvalue weighted by atomic mass is 10.0. The van der Waals surface area contributed by atoms with E-state index >= 15 is 0 Å². The van der Waals surface area contributed by atoms with Gasteiger partial charge in [0.25, 0.3) is 0 Å². The molecule has 1 saturated heterocycles. The highest BCUT2D eigenvalue weighted by Crippen LogP contribution is 2.27. The van der Waals surface area contributed by atoms with Gasteiger partial charge in [-0.2, -0.15) is 0 Å². The SMILES string of the molecule is CN=C(NCCOc1ccc2c(c1)CCC(=O)N2)N1CC(C)OC(c2ccc(F)cc2)C1.I. The Bertz CT molecular complexity index is 986. The number of carbonyl (C=O) groups excluding carboxylic acids is 1. The fourth-order valence-electron chi connectivity index (χ4n) is 4.10. The predicted octanol–water partition coefficient (Wildman–Crippen LogP) is 3.74. The van der Waals surface area contributed by atoms with E-state index in [2.05, 4.69) is 20.5 Å². The number of fused-ring (bicyclic) bond motifs is 1. The largest absolute Gasteiger partial charge is 0.492 e. The maximum absolute atomic E-state index is 13.3. The molecule has 2 unspecified atom stereocenters. The molecule has 2 aromatic rings. The second kappa shape index (κ2) is 11.6. The van der Waals surface area contributed by atoms with Crippen LogP contribution in [0.1, 0.15) is 30.6 Å². The molecule has 7 nitrogen and oxygen atoms in total. The molecule has 0 saturated carbocycles. The smallest absolute Gasteiger partial charge is 0.224 e. The first-order valence-electron chi connectivity index (χ1n) is 10.9. The van der Waals surface area contributed by atoms with Gasteiger partial charge in [-0.15, -0.1) is 24.0 Å². The number of ether oxygens (including phenoxy) is 2. The number of halogens is 2. The van der Waals surface area contributed by atoms with Crippen LogP contribution < -0.4 is 15.4 Å². The normalized spacial score (nSPS) is 20.4. The fourth-order valence-corrected chi connectivity index (χ4v) is 4.10. The number of anilines is 1. The van der Waals surface area contributed by atoms with Crippen LogP contribution in [0.2, 0.25) is 0 Å². The van der Waals surface area contributed by atoms with Crippen LogP contribution in [0.5, 0.6) is 5.75 Å². The van der Waals surface area contributed by atoms with Crippen molar-refractivity contribution in [2.45, 2.75) is 32.0 Å². The number of aryl methyl sites for hydroxylation is 1. The second-order valence-electron chi connectivity index (χ2n) is 8.08. The van der Waals surface area contributed by atoms with Gasteiger partial charge in [-0.25, -0.2) is 4.39 Å². The molecule has 2 aliphatic heterocycles.